The van der Waals surface area contributed by atoms with Crippen LogP contribution in [0, 0.1) is 0 Å². The minimum atomic E-state index is -3.59. The Morgan fingerprint density at radius 2 is 1.85 bits per heavy atom. The van der Waals surface area contributed by atoms with Gasteiger partial charge in [-0.15, -0.1) is 0 Å². The van der Waals surface area contributed by atoms with Crippen molar-refractivity contribution in [1.82, 2.24) is 13.9 Å². The lowest BCUT2D eigenvalue weighted by atomic mass is 9.97. The van der Waals surface area contributed by atoms with Crippen LogP contribution in [0.5, 0.6) is 0 Å². The van der Waals surface area contributed by atoms with Crippen LogP contribution in [0.2, 0.25) is 0 Å². The molecule has 1 aromatic carbocycles. The number of para-hydroxylation sites is 1. The second kappa shape index (κ2) is 10.1. The molecule has 2 aliphatic rings. The van der Waals surface area contributed by atoms with E-state index < -0.39 is 10.0 Å². The average Bonchev–Trinajstić information content (AvgIpc) is 3.56. The van der Waals surface area contributed by atoms with Gasteiger partial charge >= 0.3 is 0 Å². The van der Waals surface area contributed by atoms with Crippen molar-refractivity contribution in [1.29, 1.82) is 0 Å². The van der Waals surface area contributed by atoms with Gasteiger partial charge in [0.1, 0.15) is 5.76 Å². The number of fused-ring (bicyclic) bond motifs is 1. The number of furan rings is 1. The van der Waals surface area contributed by atoms with E-state index in [0.29, 0.717) is 47.2 Å². The highest BCUT2D eigenvalue weighted by Crippen LogP contribution is 2.28. The average molecular weight is 500 g/mol. The molecular weight excluding hydrogens is 470 g/mol. The van der Waals surface area contributed by atoms with Crippen molar-refractivity contribution in [2.75, 3.05) is 13.1 Å². The predicted molar refractivity (Wildman–Crippen MR) is 133 cm³/mol. The summed E-state index contributed by atoms with van der Waals surface area (Å²) in [5.74, 6) is 0.940. The third kappa shape index (κ3) is 4.87. The number of aromatic nitrogens is 2. The quantitative estimate of drug-likeness (QED) is 0.247. The Balaban J connectivity index is 1.38. The first-order valence-electron chi connectivity index (χ1n) is 11.9. The van der Waals surface area contributed by atoms with Gasteiger partial charge in [-0.1, -0.05) is 35.5 Å². The third-order valence-corrected chi connectivity index (χ3v) is 9.28. The van der Waals surface area contributed by atoms with Crippen LogP contribution in [0.15, 0.2) is 67.5 Å². The monoisotopic (exact) mass is 499 g/mol. The first kappa shape index (κ1) is 23.4. The van der Waals surface area contributed by atoms with Gasteiger partial charge in [-0.3, -0.25) is 9.36 Å². The van der Waals surface area contributed by atoms with Gasteiger partial charge in [-0.05, 0) is 69.2 Å². The molecule has 2 aromatic heterocycles. The van der Waals surface area contributed by atoms with Crippen molar-refractivity contribution in [2.45, 2.75) is 67.5 Å². The van der Waals surface area contributed by atoms with E-state index in [1.54, 1.807) is 10.6 Å². The number of sulfonamides is 1. The van der Waals surface area contributed by atoms with Crippen LogP contribution >= 0.6 is 11.8 Å². The smallest absolute Gasteiger partial charge is 0.276 e. The standard InChI is InChI=1S/C25H29N3O4S2/c29-24-21-10-4-5-11-22(21)26-25(28(24)17-14-19-8-2-1-3-9-19)33-18-20-12-13-23(32-20)34(30,31)27-15-6-7-16-27/h4-5,8,10-13H,1-3,6-7,9,14-18H2. The van der Waals surface area contributed by atoms with E-state index in [1.165, 1.54) is 40.5 Å². The van der Waals surface area contributed by atoms with Crippen LogP contribution in [0.1, 0.15) is 50.7 Å². The SMILES string of the molecule is O=c1c2ccccc2nc(SCc2ccc(S(=O)(=O)N3CCCC3)o2)n1CCC1=CCCCC1. The van der Waals surface area contributed by atoms with Crippen molar-refractivity contribution in [3.63, 3.8) is 0 Å². The highest BCUT2D eigenvalue weighted by molar-refractivity contribution is 7.98. The summed E-state index contributed by atoms with van der Waals surface area (Å²) in [7, 11) is -3.59. The number of rotatable bonds is 8. The van der Waals surface area contributed by atoms with Crippen LogP contribution in [0.4, 0.5) is 0 Å². The normalized spacial score (nSPS) is 17.4. The number of thioether (sulfide) groups is 1. The summed E-state index contributed by atoms with van der Waals surface area (Å²) in [6.45, 7) is 1.66. The fraction of sp³-hybridized carbons (Fsp3) is 0.440. The Morgan fingerprint density at radius 3 is 2.65 bits per heavy atom. The maximum Gasteiger partial charge on any atom is 0.276 e. The van der Waals surface area contributed by atoms with Gasteiger partial charge in [-0.2, -0.15) is 4.31 Å². The zero-order valence-corrected chi connectivity index (χ0v) is 20.7. The summed E-state index contributed by atoms with van der Waals surface area (Å²) in [6, 6.07) is 10.6. The van der Waals surface area contributed by atoms with Crippen molar-refractivity contribution in [3.8, 4) is 0 Å². The van der Waals surface area contributed by atoms with E-state index >= 15 is 0 Å². The number of nitrogens with zero attached hydrogens (tertiary/aromatic N) is 3. The molecule has 0 amide bonds. The zero-order valence-electron chi connectivity index (χ0n) is 19.1. The molecule has 5 rings (SSSR count). The summed E-state index contributed by atoms with van der Waals surface area (Å²) in [6.07, 6.45) is 9.56. The maximum atomic E-state index is 13.3. The molecule has 0 radical (unpaired) electrons. The lowest BCUT2D eigenvalue weighted by Crippen LogP contribution is -2.27. The summed E-state index contributed by atoms with van der Waals surface area (Å²) in [5.41, 5.74) is 2.03. The molecule has 34 heavy (non-hydrogen) atoms. The van der Waals surface area contributed by atoms with E-state index in [2.05, 4.69) is 6.08 Å². The number of allylic oxidation sites excluding steroid dienone is 2. The van der Waals surface area contributed by atoms with E-state index in [0.717, 1.165) is 32.1 Å². The summed E-state index contributed by atoms with van der Waals surface area (Å²) in [4.78, 5) is 18.1. The second-order valence-corrected chi connectivity index (χ2v) is 11.7. The topological polar surface area (TPSA) is 85.4 Å². The summed E-state index contributed by atoms with van der Waals surface area (Å²) in [5, 5.41) is 1.22. The molecule has 9 heteroatoms. The lowest BCUT2D eigenvalue weighted by Gasteiger charge is -2.16. The van der Waals surface area contributed by atoms with Gasteiger partial charge in [0, 0.05) is 19.6 Å². The van der Waals surface area contributed by atoms with Crippen molar-refractivity contribution < 1.29 is 12.8 Å². The highest BCUT2D eigenvalue weighted by Gasteiger charge is 2.30. The molecule has 180 valence electrons. The molecule has 0 spiro atoms. The van der Waals surface area contributed by atoms with Crippen LogP contribution < -0.4 is 5.56 Å². The van der Waals surface area contributed by atoms with Gasteiger partial charge < -0.3 is 4.42 Å². The Hall–Kier alpha value is -2.36. The van der Waals surface area contributed by atoms with Gasteiger partial charge in [0.15, 0.2) is 5.16 Å². The van der Waals surface area contributed by atoms with E-state index in [4.69, 9.17) is 9.40 Å². The fourth-order valence-electron chi connectivity index (χ4n) is 4.61. The van der Waals surface area contributed by atoms with Crippen molar-refractivity contribution in [2.24, 2.45) is 0 Å². The first-order chi connectivity index (χ1) is 16.5. The van der Waals surface area contributed by atoms with Gasteiger partial charge in [0.05, 0.1) is 16.7 Å². The molecule has 1 saturated heterocycles. The number of hydrogen-bond acceptors (Lipinski definition) is 6. The third-order valence-electron chi connectivity index (χ3n) is 6.51. The zero-order chi connectivity index (χ0) is 23.5. The lowest BCUT2D eigenvalue weighted by molar-refractivity contribution is 0.397. The Kier molecular flexibility index (Phi) is 6.94. The number of hydrogen-bond donors (Lipinski definition) is 0. The number of benzene rings is 1. The first-order valence-corrected chi connectivity index (χ1v) is 14.3. The van der Waals surface area contributed by atoms with Gasteiger partial charge in [0.25, 0.3) is 15.6 Å². The summed E-state index contributed by atoms with van der Waals surface area (Å²) < 4.78 is 34.5. The van der Waals surface area contributed by atoms with Gasteiger partial charge in [0.2, 0.25) is 5.09 Å². The maximum absolute atomic E-state index is 13.3. The largest absolute Gasteiger partial charge is 0.447 e. The van der Waals surface area contributed by atoms with Gasteiger partial charge in [-0.25, -0.2) is 13.4 Å². The predicted octanol–water partition coefficient (Wildman–Crippen LogP) is 4.96. The van der Waals surface area contributed by atoms with Crippen molar-refractivity contribution >= 4 is 32.7 Å². The minimum absolute atomic E-state index is 0.0157. The molecule has 3 heterocycles. The van der Waals surface area contributed by atoms with Crippen molar-refractivity contribution in [3.05, 3.63) is 64.2 Å². The molecule has 0 unspecified atom stereocenters. The van der Waals surface area contributed by atoms with E-state index in [9.17, 15) is 13.2 Å². The molecule has 1 aliphatic heterocycles. The Morgan fingerprint density at radius 1 is 1.03 bits per heavy atom. The van der Waals surface area contributed by atoms with E-state index in [1.807, 2.05) is 24.3 Å². The molecule has 0 N–H and O–H groups in total. The summed E-state index contributed by atoms with van der Waals surface area (Å²) >= 11 is 1.40. The molecule has 0 bridgehead atoms. The molecule has 0 atom stereocenters. The fourth-order valence-corrected chi connectivity index (χ4v) is 6.97. The van der Waals surface area contributed by atoms with Crippen LogP contribution in [0.25, 0.3) is 10.9 Å². The van der Waals surface area contributed by atoms with Crippen LogP contribution in [0.3, 0.4) is 0 Å². The highest BCUT2D eigenvalue weighted by atomic mass is 32.2. The van der Waals surface area contributed by atoms with Crippen LogP contribution in [-0.2, 0) is 22.3 Å². The van der Waals surface area contributed by atoms with E-state index in [-0.39, 0.29) is 10.7 Å². The molecule has 1 aliphatic carbocycles. The minimum Gasteiger partial charge on any atom is -0.447 e. The molecule has 3 aromatic rings. The molecular formula is C25H29N3O4S2. The Labute approximate surface area is 203 Å². The molecule has 0 saturated carbocycles. The Bertz CT molecular complexity index is 1370. The second-order valence-electron chi connectivity index (χ2n) is 8.85. The molecule has 1 fully saturated rings. The molecule has 7 nitrogen and oxygen atoms in total. The van der Waals surface area contributed by atoms with Crippen LogP contribution in [-0.4, -0.2) is 35.4 Å².